The van der Waals surface area contributed by atoms with Crippen LogP contribution in [0.15, 0.2) is 23.3 Å². The molecule has 4 unspecified atom stereocenters. The lowest BCUT2D eigenvalue weighted by atomic mass is 9.60. The number of allylic oxidation sites excluding steroid dienone is 3. The van der Waals surface area contributed by atoms with Crippen LogP contribution in [-0.4, -0.2) is 46.1 Å². The van der Waals surface area contributed by atoms with Gasteiger partial charge in [-0.25, -0.2) is 0 Å². The summed E-state index contributed by atoms with van der Waals surface area (Å²) >= 11 is 0. The van der Waals surface area contributed by atoms with Crippen LogP contribution in [0.2, 0.25) is 18.1 Å². The number of hydrogen-bond acceptors (Lipinski definition) is 5. The normalized spacial score (nSPS) is 34.8. The third-order valence-electron chi connectivity index (χ3n) is 12.4. The van der Waals surface area contributed by atoms with Gasteiger partial charge in [0.1, 0.15) is 12.4 Å². The van der Waals surface area contributed by atoms with Gasteiger partial charge in [-0.05, 0) is 112 Å². The molecule has 6 heteroatoms. The highest BCUT2D eigenvalue weighted by Gasteiger charge is 2.60. The van der Waals surface area contributed by atoms with E-state index in [4.69, 9.17) is 23.9 Å². The van der Waals surface area contributed by atoms with Gasteiger partial charge in [0.2, 0.25) is 0 Å². The zero-order valence-corrected chi connectivity index (χ0v) is 31.6. The third-order valence-corrected chi connectivity index (χ3v) is 16.9. The molecule has 1 saturated heterocycles. The fourth-order valence-corrected chi connectivity index (χ4v) is 9.87. The molecule has 3 saturated carbocycles. The Morgan fingerprint density at radius 2 is 1.80 bits per heavy atom. The van der Waals surface area contributed by atoms with Gasteiger partial charge < -0.3 is 18.6 Å². The van der Waals surface area contributed by atoms with Crippen LogP contribution in [0.4, 0.5) is 0 Å². The highest BCUT2D eigenvalue weighted by atomic mass is 28.4. The average molecular weight is 630 g/mol. The van der Waals surface area contributed by atoms with Crippen LogP contribution in [0.3, 0.4) is 0 Å². The van der Waals surface area contributed by atoms with Crippen molar-refractivity contribution in [3.63, 3.8) is 0 Å². The second-order valence-electron chi connectivity index (χ2n) is 17.0. The minimum absolute atomic E-state index is 0.0383. The molecule has 1 heterocycles. The molecular formula is C38H67NO4Si. The summed E-state index contributed by atoms with van der Waals surface area (Å²) in [5, 5.41) is 7.53. The van der Waals surface area contributed by atoms with Gasteiger partial charge in [0.25, 0.3) is 0 Å². The predicted molar refractivity (Wildman–Crippen MR) is 185 cm³/mol. The quantitative estimate of drug-likeness (QED) is 0.129. The Labute approximate surface area is 272 Å². The maximum absolute atomic E-state index is 7.32. The van der Waals surface area contributed by atoms with Crippen molar-refractivity contribution in [1.82, 2.24) is 0 Å². The smallest absolute Gasteiger partial charge is 0.192 e. The predicted octanol–water partition coefficient (Wildman–Crippen LogP) is 10.4. The van der Waals surface area contributed by atoms with E-state index in [1.165, 1.54) is 51.9 Å². The Bertz CT molecular complexity index is 1050. The Kier molecular flexibility index (Phi) is 12.6. The minimum atomic E-state index is -1.86. The number of nitrogens with zero attached hydrogens (tertiary/aromatic N) is 1. The second kappa shape index (κ2) is 14.8. The van der Waals surface area contributed by atoms with Gasteiger partial charge in [-0.2, -0.15) is 5.26 Å². The number of ether oxygens (including phenoxy) is 3. The van der Waals surface area contributed by atoms with E-state index < -0.39 is 8.32 Å². The standard InChI is InChI=1S/C36H64O4Si.C2H3N/c1-26(14-12-20-34(6,7)39-25-37-9)30-18-19-31-29(15-13-21-35(30,31)8)17-16-28-22-27(2)36(24-38-36)32(23-28)40-41(10,11)33(3,4)5;1-2-3/h16-17,26-27,30-32H,12-15,18-25H2,1-11H3;1H3/b28-16-,29-17+;/t26-,27-,30?,31?,32-,35?,36?;/m1./s1. The maximum Gasteiger partial charge on any atom is 0.192 e. The fourth-order valence-electron chi connectivity index (χ4n) is 8.52. The van der Waals surface area contributed by atoms with Gasteiger partial charge in [-0.3, -0.25) is 0 Å². The van der Waals surface area contributed by atoms with Crippen molar-refractivity contribution >= 4 is 8.32 Å². The van der Waals surface area contributed by atoms with Crippen molar-refractivity contribution in [3.8, 4) is 6.07 Å². The van der Waals surface area contributed by atoms with Crippen molar-refractivity contribution < 1.29 is 18.6 Å². The van der Waals surface area contributed by atoms with Crippen molar-refractivity contribution in [3.05, 3.63) is 23.3 Å². The van der Waals surface area contributed by atoms with Crippen LogP contribution < -0.4 is 0 Å². The topological polar surface area (TPSA) is 64.0 Å². The molecule has 0 aromatic heterocycles. The highest BCUT2D eigenvalue weighted by molar-refractivity contribution is 6.74. The lowest BCUT2D eigenvalue weighted by Gasteiger charge is -2.45. The molecule has 1 spiro atoms. The fraction of sp³-hybridized carbons (Fsp3) is 0.868. The molecule has 0 aromatic rings. The van der Waals surface area contributed by atoms with E-state index >= 15 is 0 Å². The molecule has 4 rings (SSSR count). The summed E-state index contributed by atoms with van der Waals surface area (Å²) in [7, 11) is -0.161. The molecule has 4 aliphatic rings. The van der Waals surface area contributed by atoms with E-state index in [1.54, 1.807) is 24.3 Å². The van der Waals surface area contributed by atoms with Crippen LogP contribution in [0.25, 0.3) is 0 Å². The van der Waals surface area contributed by atoms with Crippen molar-refractivity contribution in [2.45, 2.75) is 162 Å². The van der Waals surface area contributed by atoms with Crippen LogP contribution in [-0.2, 0) is 18.6 Å². The van der Waals surface area contributed by atoms with E-state index in [0.29, 0.717) is 18.1 Å². The molecule has 0 bridgehead atoms. The molecule has 1 aliphatic heterocycles. The summed E-state index contributed by atoms with van der Waals surface area (Å²) in [6, 6.07) is 1.75. The first-order valence-electron chi connectivity index (χ1n) is 17.6. The molecule has 0 amide bonds. The van der Waals surface area contributed by atoms with E-state index in [-0.39, 0.29) is 22.3 Å². The van der Waals surface area contributed by atoms with E-state index in [2.05, 4.69) is 80.6 Å². The number of nitriles is 1. The monoisotopic (exact) mass is 629 g/mol. The summed E-state index contributed by atoms with van der Waals surface area (Å²) in [6.07, 6.45) is 17.9. The van der Waals surface area contributed by atoms with E-state index in [1.807, 2.05) is 0 Å². The van der Waals surface area contributed by atoms with Crippen LogP contribution in [0.1, 0.15) is 127 Å². The van der Waals surface area contributed by atoms with Gasteiger partial charge in [-0.1, -0.05) is 77.7 Å². The molecular weight excluding hydrogens is 563 g/mol. The number of methoxy groups -OCH3 is 1. The van der Waals surface area contributed by atoms with Crippen LogP contribution in [0, 0.1) is 40.4 Å². The molecule has 252 valence electrons. The summed E-state index contributed by atoms with van der Waals surface area (Å²) in [5.74, 6) is 2.87. The van der Waals surface area contributed by atoms with Gasteiger partial charge in [-0.15, -0.1) is 0 Å². The van der Waals surface area contributed by atoms with Crippen LogP contribution >= 0.6 is 0 Å². The summed E-state index contributed by atoms with van der Waals surface area (Å²) in [4.78, 5) is 0. The van der Waals surface area contributed by atoms with Crippen molar-refractivity contribution in [1.29, 1.82) is 5.26 Å². The number of epoxide rings is 1. The molecule has 4 fully saturated rings. The first kappa shape index (κ1) is 37.5. The Balaban J connectivity index is 0.00000169. The summed E-state index contributed by atoms with van der Waals surface area (Å²) in [5.41, 5.74) is 3.60. The van der Waals surface area contributed by atoms with E-state index in [0.717, 1.165) is 43.6 Å². The first-order valence-corrected chi connectivity index (χ1v) is 20.5. The Morgan fingerprint density at radius 1 is 1.14 bits per heavy atom. The molecule has 44 heavy (non-hydrogen) atoms. The van der Waals surface area contributed by atoms with Gasteiger partial charge in [0, 0.05) is 14.0 Å². The number of hydrogen-bond donors (Lipinski definition) is 0. The lowest BCUT2D eigenvalue weighted by molar-refractivity contribution is -0.118. The first-order chi connectivity index (χ1) is 20.5. The largest absolute Gasteiger partial charge is 0.411 e. The van der Waals surface area contributed by atoms with Gasteiger partial charge >= 0.3 is 0 Å². The number of rotatable bonds is 11. The summed E-state index contributed by atoms with van der Waals surface area (Å²) < 4.78 is 24.3. The van der Waals surface area contributed by atoms with Crippen LogP contribution in [0.5, 0.6) is 0 Å². The number of fused-ring (bicyclic) bond motifs is 1. The highest BCUT2D eigenvalue weighted by Crippen LogP contribution is 2.60. The maximum atomic E-state index is 7.32. The molecule has 0 N–H and O–H groups in total. The SMILES string of the molecule is CC#N.COCOC(C)(C)CCC[C@@H](C)C1CCC2/C(=C/C=C3/C[C@@H](C)C4(CO4)[C@H](O[Si](C)(C)C(C)(C)C)C3)CCCC21C. The third kappa shape index (κ3) is 8.68. The van der Waals surface area contributed by atoms with Crippen molar-refractivity contribution in [2.24, 2.45) is 29.1 Å². The van der Waals surface area contributed by atoms with Crippen molar-refractivity contribution in [2.75, 3.05) is 20.5 Å². The Morgan fingerprint density at radius 3 is 2.39 bits per heavy atom. The van der Waals surface area contributed by atoms with E-state index in [9.17, 15) is 0 Å². The molecule has 5 nitrogen and oxygen atoms in total. The average Bonchev–Trinajstić information content (AvgIpc) is 3.64. The van der Waals surface area contributed by atoms with Gasteiger partial charge in [0.15, 0.2) is 8.32 Å². The Hall–Kier alpha value is -0.973. The minimum Gasteiger partial charge on any atom is -0.411 e. The van der Waals surface area contributed by atoms with Gasteiger partial charge in [0.05, 0.1) is 24.4 Å². The molecule has 3 aliphatic carbocycles. The second-order valence-corrected chi connectivity index (χ2v) is 21.7. The zero-order chi connectivity index (χ0) is 33.0. The molecule has 0 radical (unpaired) electrons. The molecule has 7 atom stereocenters. The lowest BCUT2D eigenvalue weighted by Crippen LogP contribution is -2.51. The zero-order valence-electron chi connectivity index (χ0n) is 30.6. The summed E-state index contributed by atoms with van der Waals surface area (Å²) in [6.45, 7) is 26.5. The molecule has 0 aromatic carbocycles.